The summed E-state index contributed by atoms with van der Waals surface area (Å²) >= 11 is 0. The molecule has 0 fully saturated rings. The molecule has 2 N–H and O–H groups in total. The predicted molar refractivity (Wildman–Crippen MR) is 75.2 cm³/mol. The van der Waals surface area contributed by atoms with E-state index in [1.165, 1.54) is 13.8 Å². The van der Waals surface area contributed by atoms with Crippen molar-refractivity contribution >= 4 is 11.4 Å². The Morgan fingerprint density at radius 3 is 2.30 bits per heavy atom. The van der Waals surface area contributed by atoms with Gasteiger partial charge in [0.05, 0.1) is 0 Å². The third-order valence-electron chi connectivity index (χ3n) is 4.00. The van der Waals surface area contributed by atoms with Gasteiger partial charge in [-0.05, 0) is 32.9 Å². The Labute approximate surface area is 117 Å². The van der Waals surface area contributed by atoms with Crippen LogP contribution in [0.15, 0.2) is 35.5 Å². The van der Waals surface area contributed by atoms with Crippen molar-refractivity contribution in [2.75, 3.05) is 0 Å². The molecule has 1 heterocycles. The maximum atomic E-state index is 12.7. The quantitative estimate of drug-likeness (QED) is 0.285. The minimum absolute atomic E-state index is 0.119. The normalized spacial score (nSPS) is 27.1. The second kappa shape index (κ2) is 4.57. The van der Waals surface area contributed by atoms with Gasteiger partial charge in [-0.1, -0.05) is 23.4 Å². The average molecular weight is 277 g/mol. The lowest BCUT2D eigenvalue weighted by atomic mass is 9.92. The highest BCUT2D eigenvalue weighted by Crippen LogP contribution is 2.35. The van der Waals surface area contributed by atoms with Gasteiger partial charge in [0, 0.05) is 12.5 Å². The first-order valence-corrected chi connectivity index (χ1v) is 6.36. The van der Waals surface area contributed by atoms with Crippen molar-refractivity contribution in [3.8, 4) is 0 Å². The summed E-state index contributed by atoms with van der Waals surface area (Å²) in [5.74, 6) is 0. The van der Waals surface area contributed by atoms with Gasteiger partial charge in [-0.3, -0.25) is 0 Å². The van der Waals surface area contributed by atoms with Crippen molar-refractivity contribution in [2.24, 2.45) is 5.16 Å². The van der Waals surface area contributed by atoms with E-state index < -0.39 is 11.2 Å². The molecule has 0 spiro atoms. The van der Waals surface area contributed by atoms with Crippen molar-refractivity contribution in [3.05, 3.63) is 41.1 Å². The fourth-order valence-electron chi connectivity index (χ4n) is 2.66. The number of hydrogen-bond donors (Lipinski definition) is 2. The van der Waals surface area contributed by atoms with E-state index in [1.54, 1.807) is 13.8 Å². The Morgan fingerprint density at radius 1 is 1.25 bits per heavy atom. The van der Waals surface area contributed by atoms with Crippen LogP contribution in [-0.2, 0) is 0 Å². The number of benzene rings is 1. The van der Waals surface area contributed by atoms with Crippen molar-refractivity contribution < 1.29 is 15.2 Å². The lowest BCUT2D eigenvalue weighted by molar-refractivity contribution is -0.560. The van der Waals surface area contributed by atoms with E-state index in [9.17, 15) is 10.4 Å². The fourth-order valence-corrected chi connectivity index (χ4v) is 2.66. The average Bonchev–Trinajstić information content (AvgIpc) is 2.58. The SMILES string of the molecule is C/C(=N\O)C1(C)N(O)C(C)(C)C(c2ccccc2)=[N+]1[O-]. The molecule has 0 saturated heterocycles. The first-order chi connectivity index (χ1) is 9.27. The van der Waals surface area contributed by atoms with Crippen LogP contribution in [-0.4, -0.2) is 42.8 Å². The molecule has 0 aliphatic carbocycles. The maximum Gasteiger partial charge on any atom is 0.290 e. The molecule has 1 atom stereocenters. The van der Waals surface area contributed by atoms with E-state index >= 15 is 0 Å². The van der Waals surface area contributed by atoms with Gasteiger partial charge >= 0.3 is 0 Å². The Hall–Kier alpha value is -1.92. The van der Waals surface area contributed by atoms with Gasteiger partial charge in [0.2, 0.25) is 5.71 Å². The molecule has 1 aliphatic rings. The highest BCUT2D eigenvalue weighted by molar-refractivity contribution is 6.06. The molecule has 0 amide bonds. The second-order valence-electron chi connectivity index (χ2n) is 5.59. The Balaban J connectivity index is 2.71. The molecule has 20 heavy (non-hydrogen) atoms. The van der Waals surface area contributed by atoms with Gasteiger partial charge in [0.15, 0.2) is 0 Å². The first-order valence-electron chi connectivity index (χ1n) is 6.36. The zero-order valence-electron chi connectivity index (χ0n) is 12.0. The molecular formula is C14H19N3O3. The van der Waals surface area contributed by atoms with Gasteiger partial charge in [-0.2, -0.15) is 4.74 Å². The molecule has 2 rings (SSSR count). The Morgan fingerprint density at radius 2 is 1.80 bits per heavy atom. The topological polar surface area (TPSA) is 82.1 Å². The van der Waals surface area contributed by atoms with Gasteiger partial charge in [0.25, 0.3) is 5.66 Å². The van der Waals surface area contributed by atoms with E-state index in [0.29, 0.717) is 10.5 Å². The van der Waals surface area contributed by atoms with E-state index in [1.807, 2.05) is 30.3 Å². The molecule has 1 aromatic carbocycles. The summed E-state index contributed by atoms with van der Waals surface area (Å²) in [6, 6.07) is 9.14. The Kier molecular flexibility index (Phi) is 3.31. The van der Waals surface area contributed by atoms with Crippen molar-refractivity contribution in [1.29, 1.82) is 0 Å². The first kappa shape index (κ1) is 14.5. The molecule has 0 aromatic heterocycles. The smallest absolute Gasteiger partial charge is 0.290 e. The summed E-state index contributed by atoms with van der Waals surface area (Å²) < 4.78 is 0.706. The molecule has 0 saturated carbocycles. The monoisotopic (exact) mass is 277 g/mol. The summed E-state index contributed by atoms with van der Waals surface area (Å²) in [6.07, 6.45) is 0. The zero-order chi connectivity index (χ0) is 15.1. The minimum atomic E-state index is -1.44. The van der Waals surface area contributed by atoms with Crippen molar-refractivity contribution in [3.63, 3.8) is 0 Å². The van der Waals surface area contributed by atoms with Crippen LogP contribution in [0.2, 0.25) is 0 Å². The zero-order valence-corrected chi connectivity index (χ0v) is 12.0. The molecule has 1 aromatic rings. The van der Waals surface area contributed by atoms with Gasteiger partial charge in [-0.25, -0.2) is 0 Å². The number of oxime groups is 1. The lowest BCUT2D eigenvalue weighted by Crippen LogP contribution is -2.57. The molecule has 6 nitrogen and oxygen atoms in total. The number of nitrogens with zero attached hydrogens (tertiary/aromatic N) is 3. The summed E-state index contributed by atoms with van der Waals surface area (Å²) in [5.41, 5.74) is -1.09. The van der Waals surface area contributed by atoms with Crippen LogP contribution in [0.3, 0.4) is 0 Å². The lowest BCUT2D eigenvalue weighted by Gasteiger charge is -2.32. The van der Waals surface area contributed by atoms with Crippen LogP contribution in [0, 0.1) is 5.21 Å². The fraction of sp³-hybridized carbons (Fsp3) is 0.429. The van der Waals surface area contributed by atoms with Crippen LogP contribution in [0.4, 0.5) is 0 Å². The summed E-state index contributed by atoms with van der Waals surface area (Å²) in [7, 11) is 0. The third-order valence-corrected chi connectivity index (χ3v) is 4.00. The molecule has 108 valence electrons. The second-order valence-corrected chi connectivity index (χ2v) is 5.59. The van der Waals surface area contributed by atoms with E-state index in [4.69, 9.17) is 5.21 Å². The molecule has 0 radical (unpaired) electrons. The summed E-state index contributed by atoms with van der Waals surface area (Å²) in [5, 5.41) is 36.2. The highest BCUT2D eigenvalue weighted by atomic mass is 16.6. The van der Waals surface area contributed by atoms with Crippen LogP contribution in [0.5, 0.6) is 0 Å². The molecular weight excluding hydrogens is 258 g/mol. The van der Waals surface area contributed by atoms with Crippen LogP contribution in [0.1, 0.15) is 33.3 Å². The molecule has 6 heteroatoms. The highest BCUT2D eigenvalue weighted by Gasteiger charge is 2.61. The Bertz CT molecular complexity index is 581. The maximum absolute atomic E-state index is 12.7. The van der Waals surface area contributed by atoms with Gasteiger partial charge in [0.1, 0.15) is 11.3 Å². The number of hydroxylamine groups is 3. The summed E-state index contributed by atoms with van der Waals surface area (Å²) in [6.45, 7) is 6.51. The van der Waals surface area contributed by atoms with Crippen LogP contribution < -0.4 is 0 Å². The summed E-state index contributed by atoms with van der Waals surface area (Å²) in [4.78, 5) is 0. The van der Waals surface area contributed by atoms with Crippen LogP contribution >= 0.6 is 0 Å². The van der Waals surface area contributed by atoms with E-state index in [2.05, 4.69) is 5.16 Å². The number of hydrogen-bond acceptors (Lipinski definition) is 5. The van der Waals surface area contributed by atoms with Crippen molar-refractivity contribution in [2.45, 2.75) is 38.9 Å². The number of rotatable bonds is 2. The van der Waals surface area contributed by atoms with Crippen molar-refractivity contribution in [1.82, 2.24) is 5.06 Å². The van der Waals surface area contributed by atoms with Gasteiger partial charge < -0.3 is 15.6 Å². The van der Waals surface area contributed by atoms with E-state index in [-0.39, 0.29) is 5.71 Å². The predicted octanol–water partition coefficient (Wildman–Crippen LogP) is 2.04. The standard InChI is InChI=1S/C14H19N3O3/c1-10(15-18)14(4)16(19)12(13(2,3)17(14)20)11-8-6-5-7-9-11/h5-9,18,20H,1-4H3/b15-10+. The third kappa shape index (κ3) is 1.72. The van der Waals surface area contributed by atoms with Crippen LogP contribution in [0.25, 0.3) is 0 Å². The minimum Gasteiger partial charge on any atom is -0.622 e. The van der Waals surface area contributed by atoms with E-state index in [0.717, 1.165) is 10.6 Å². The molecule has 0 bridgehead atoms. The molecule has 1 aliphatic heterocycles. The molecule has 1 unspecified atom stereocenters. The largest absolute Gasteiger partial charge is 0.622 e. The van der Waals surface area contributed by atoms with Gasteiger partial charge in [-0.15, -0.1) is 5.06 Å².